The highest BCUT2D eigenvalue weighted by Gasteiger charge is 2.41. The van der Waals surface area contributed by atoms with Gasteiger partial charge in [-0.1, -0.05) is 37.8 Å². The van der Waals surface area contributed by atoms with Crippen LogP contribution in [0.5, 0.6) is 0 Å². The summed E-state index contributed by atoms with van der Waals surface area (Å²) in [5.41, 5.74) is 1.16. The molecule has 1 aliphatic rings. The number of hydrogen-bond acceptors (Lipinski definition) is 2. The molecule has 0 saturated heterocycles. The van der Waals surface area contributed by atoms with E-state index in [1.54, 1.807) is 11.9 Å². The Bertz CT molecular complexity index is 522. The molecule has 0 radical (unpaired) electrons. The monoisotopic (exact) mass is 270 g/mol. The second-order valence-electron chi connectivity index (χ2n) is 5.81. The molecule has 106 valence electrons. The van der Waals surface area contributed by atoms with Gasteiger partial charge >= 0.3 is 0 Å². The Balaban J connectivity index is 2.26. The maximum atomic E-state index is 12.8. The number of anilines is 1. The van der Waals surface area contributed by atoms with Gasteiger partial charge in [0.15, 0.2) is 0 Å². The van der Waals surface area contributed by atoms with E-state index in [0.717, 1.165) is 36.9 Å². The van der Waals surface area contributed by atoms with Gasteiger partial charge in [0.1, 0.15) is 5.41 Å². The van der Waals surface area contributed by atoms with E-state index in [2.05, 4.69) is 6.07 Å². The standard InChI is InChI=1S/C17H22N2O/c1-14-8-7-9-15(12-14)19(2)16(20)17(13-18)10-5-3-4-6-11-17/h7-9,12H,3-6,10-11H2,1-2H3. The minimum absolute atomic E-state index is 0.0486. The SMILES string of the molecule is Cc1cccc(N(C)C(=O)C2(C#N)CCCCCC2)c1. The summed E-state index contributed by atoms with van der Waals surface area (Å²) in [5.74, 6) is -0.0486. The Hall–Kier alpha value is -1.82. The zero-order chi connectivity index (χ0) is 14.6. The van der Waals surface area contributed by atoms with Gasteiger partial charge in [0.25, 0.3) is 0 Å². The van der Waals surface area contributed by atoms with Crippen molar-refractivity contribution in [2.45, 2.75) is 45.4 Å². The molecule has 0 aliphatic heterocycles. The summed E-state index contributed by atoms with van der Waals surface area (Å²) in [6.45, 7) is 2.01. The van der Waals surface area contributed by atoms with Crippen LogP contribution in [0.15, 0.2) is 24.3 Å². The summed E-state index contributed by atoms with van der Waals surface area (Å²) in [6.07, 6.45) is 5.59. The fourth-order valence-electron chi connectivity index (χ4n) is 2.98. The average molecular weight is 270 g/mol. The highest BCUT2D eigenvalue weighted by Crippen LogP contribution is 2.37. The molecule has 1 aromatic rings. The first kappa shape index (κ1) is 14.6. The molecular formula is C17H22N2O. The van der Waals surface area contributed by atoms with Crippen LogP contribution in [0.3, 0.4) is 0 Å². The van der Waals surface area contributed by atoms with Gasteiger partial charge in [-0.3, -0.25) is 4.79 Å². The van der Waals surface area contributed by atoms with Crippen LogP contribution in [-0.4, -0.2) is 13.0 Å². The van der Waals surface area contributed by atoms with Crippen LogP contribution < -0.4 is 4.90 Å². The molecule has 1 aromatic carbocycles. The zero-order valence-electron chi connectivity index (χ0n) is 12.4. The third kappa shape index (κ3) is 2.85. The second kappa shape index (κ2) is 6.09. The molecule has 20 heavy (non-hydrogen) atoms. The Morgan fingerprint density at radius 2 is 1.90 bits per heavy atom. The number of carbonyl (C=O) groups excluding carboxylic acids is 1. The van der Waals surface area contributed by atoms with Gasteiger partial charge in [-0.15, -0.1) is 0 Å². The number of hydrogen-bond donors (Lipinski definition) is 0. The summed E-state index contributed by atoms with van der Waals surface area (Å²) in [5, 5.41) is 9.59. The molecule has 0 atom stereocenters. The molecule has 1 aliphatic carbocycles. The molecule has 1 amide bonds. The highest BCUT2D eigenvalue weighted by molar-refractivity contribution is 5.99. The lowest BCUT2D eigenvalue weighted by atomic mass is 9.80. The van der Waals surface area contributed by atoms with Crippen LogP contribution in [0.25, 0.3) is 0 Å². The summed E-state index contributed by atoms with van der Waals surface area (Å²) >= 11 is 0. The first-order valence-electron chi connectivity index (χ1n) is 7.35. The number of amides is 1. The number of nitrogens with zero attached hydrogens (tertiary/aromatic N) is 2. The smallest absolute Gasteiger partial charge is 0.247 e. The molecule has 3 heteroatoms. The van der Waals surface area contributed by atoms with Gasteiger partial charge in [0.05, 0.1) is 6.07 Å². The van der Waals surface area contributed by atoms with Crippen LogP contribution >= 0.6 is 0 Å². The van der Waals surface area contributed by atoms with Crippen molar-refractivity contribution in [3.63, 3.8) is 0 Å². The Morgan fingerprint density at radius 3 is 2.45 bits per heavy atom. The van der Waals surface area contributed by atoms with Crippen molar-refractivity contribution in [3.05, 3.63) is 29.8 Å². The summed E-state index contributed by atoms with van der Waals surface area (Å²) in [4.78, 5) is 14.5. The largest absolute Gasteiger partial charge is 0.314 e. The average Bonchev–Trinajstić information content (AvgIpc) is 2.72. The van der Waals surface area contributed by atoms with Crippen LogP contribution in [0, 0.1) is 23.7 Å². The fourth-order valence-corrected chi connectivity index (χ4v) is 2.98. The minimum Gasteiger partial charge on any atom is -0.314 e. The van der Waals surface area contributed by atoms with Crippen molar-refractivity contribution in [2.24, 2.45) is 5.41 Å². The first-order chi connectivity index (χ1) is 9.59. The molecular weight excluding hydrogens is 248 g/mol. The topological polar surface area (TPSA) is 44.1 Å². The van der Waals surface area contributed by atoms with E-state index >= 15 is 0 Å². The third-order valence-corrected chi connectivity index (χ3v) is 4.27. The van der Waals surface area contributed by atoms with E-state index in [9.17, 15) is 10.1 Å². The normalized spacial score (nSPS) is 17.9. The molecule has 0 aromatic heterocycles. The van der Waals surface area contributed by atoms with E-state index in [0.29, 0.717) is 12.8 Å². The van der Waals surface area contributed by atoms with Crippen molar-refractivity contribution in [2.75, 3.05) is 11.9 Å². The first-order valence-corrected chi connectivity index (χ1v) is 7.35. The number of rotatable bonds is 2. The van der Waals surface area contributed by atoms with Crippen molar-refractivity contribution in [1.82, 2.24) is 0 Å². The molecule has 1 saturated carbocycles. The second-order valence-corrected chi connectivity index (χ2v) is 5.81. The van der Waals surface area contributed by atoms with E-state index in [1.807, 2.05) is 31.2 Å². The number of benzene rings is 1. The maximum Gasteiger partial charge on any atom is 0.247 e. The quantitative estimate of drug-likeness (QED) is 0.767. The number of nitriles is 1. The van der Waals surface area contributed by atoms with Crippen molar-refractivity contribution >= 4 is 11.6 Å². The van der Waals surface area contributed by atoms with Gasteiger partial charge in [-0.05, 0) is 37.5 Å². The lowest BCUT2D eigenvalue weighted by molar-refractivity contribution is -0.125. The Labute approximate surface area is 121 Å². The summed E-state index contributed by atoms with van der Waals surface area (Å²) < 4.78 is 0. The minimum atomic E-state index is -0.824. The highest BCUT2D eigenvalue weighted by atomic mass is 16.2. The van der Waals surface area contributed by atoms with Gasteiger partial charge in [0, 0.05) is 12.7 Å². The Morgan fingerprint density at radius 1 is 1.25 bits per heavy atom. The van der Waals surface area contributed by atoms with Crippen LogP contribution in [0.1, 0.15) is 44.1 Å². The zero-order valence-corrected chi connectivity index (χ0v) is 12.4. The summed E-state index contributed by atoms with van der Waals surface area (Å²) in [6, 6.07) is 10.2. The molecule has 0 bridgehead atoms. The molecule has 0 heterocycles. The van der Waals surface area contributed by atoms with Gasteiger partial charge < -0.3 is 4.90 Å². The molecule has 1 fully saturated rings. The number of carbonyl (C=O) groups is 1. The predicted octanol–water partition coefficient (Wildman–Crippen LogP) is 3.82. The molecule has 2 rings (SSSR count). The molecule has 0 spiro atoms. The van der Waals surface area contributed by atoms with Crippen LogP contribution in [-0.2, 0) is 4.79 Å². The van der Waals surface area contributed by atoms with Crippen molar-refractivity contribution in [3.8, 4) is 6.07 Å². The fraction of sp³-hybridized carbons (Fsp3) is 0.529. The van der Waals surface area contributed by atoms with Crippen LogP contribution in [0.2, 0.25) is 0 Å². The predicted molar refractivity (Wildman–Crippen MR) is 80.3 cm³/mol. The van der Waals surface area contributed by atoms with E-state index < -0.39 is 5.41 Å². The van der Waals surface area contributed by atoms with Gasteiger partial charge in [-0.25, -0.2) is 0 Å². The van der Waals surface area contributed by atoms with Crippen molar-refractivity contribution < 1.29 is 4.79 Å². The van der Waals surface area contributed by atoms with E-state index in [-0.39, 0.29) is 5.91 Å². The lowest BCUT2D eigenvalue weighted by Crippen LogP contribution is -2.41. The summed E-state index contributed by atoms with van der Waals surface area (Å²) in [7, 11) is 1.78. The van der Waals surface area contributed by atoms with Crippen LogP contribution in [0.4, 0.5) is 5.69 Å². The molecule has 0 unspecified atom stereocenters. The number of aryl methyl sites for hydroxylation is 1. The molecule has 3 nitrogen and oxygen atoms in total. The lowest BCUT2D eigenvalue weighted by Gasteiger charge is -2.29. The van der Waals surface area contributed by atoms with Gasteiger partial charge in [-0.2, -0.15) is 5.26 Å². The molecule has 0 N–H and O–H groups in total. The van der Waals surface area contributed by atoms with Gasteiger partial charge in [0.2, 0.25) is 5.91 Å². The third-order valence-electron chi connectivity index (χ3n) is 4.27. The maximum absolute atomic E-state index is 12.8. The van der Waals surface area contributed by atoms with E-state index in [4.69, 9.17) is 0 Å². The van der Waals surface area contributed by atoms with E-state index in [1.165, 1.54) is 0 Å². The Kier molecular flexibility index (Phi) is 4.44. The van der Waals surface area contributed by atoms with Crippen molar-refractivity contribution in [1.29, 1.82) is 5.26 Å².